The largest absolute Gasteiger partial charge is 0.388 e. The van der Waals surface area contributed by atoms with Gasteiger partial charge >= 0.3 is 0 Å². The summed E-state index contributed by atoms with van der Waals surface area (Å²) in [5.41, 5.74) is 4.31. The zero-order valence-corrected chi connectivity index (χ0v) is 15.2. The molecule has 3 heterocycles. The van der Waals surface area contributed by atoms with Crippen LogP contribution in [0.1, 0.15) is 17.0 Å². The molecule has 0 amide bonds. The molecule has 0 aliphatic rings. The molecule has 140 valence electrons. The molecule has 0 radical (unpaired) electrons. The van der Waals surface area contributed by atoms with Crippen LogP contribution in [0.3, 0.4) is 0 Å². The second-order valence-electron chi connectivity index (χ2n) is 6.34. The predicted molar refractivity (Wildman–Crippen MR) is 106 cm³/mol. The molecule has 0 unspecified atom stereocenters. The Morgan fingerprint density at radius 2 is 1.82 bits per heavy atom. The summed E-state index contributed by atoms with van der Waals surface area (Å²) in [7, 11) is 0. The minimum Gasteiger partial charge on any atom is -0.388 e. The second kappa shape index (κ2) is 7.66. The van der Waals surface area contributed by atoms with Gasteiger partial charge in [0.15, 0.2) is 11.5 Å². The number of aliphatic hydroxyl groups excluding tert-OH is 1. The Bertz CT molecular complexity index is 1130. The molecule has 4 aromatic rings. The highest BCUT2D eigenvalue weighted by Gasteiger charge is 2.12. The standard InChI is InChI=1S/C21H18FN5O/c1-13-3-2-10-23-19(13)17-9-8-16-20(26-18(12-28)27-21(16)25-17)24-15-6-4-14(11-22)5-7-15/h2-10,28H,11-12H2,1H3,(H,24,25,26,27). The molecule has 2 N–H and O–H groups in total. The lowest BCUT2D eigenvalue weighted by Gasteiger charge is -2.11. The number of alkyl halides is 1. The van der Waals surface area contributed by atoms with E-state index in [1.165, 1.54) is 0 Å². The third-order valence-corrected chi connectivity index (χ3v) is 4.37. The number of aromatic nitrogens is 4. The average Bonchev–Trinajstić information content (AvgIpc) is 2.74. The maximum Gasteiger partial charge on any atom is 0.165 e. The van der Waals surface area contributed by atoms with Gasteiger partial charge in [-0.25, -0.2) is 19.3 Å². The van der Waals surface area contributed by atoms with E-state index in [0.717, 1.165) is 16.9 Å². The number of aryl methyl sites for hydroxylation is 1. The number of hydrogen-bond donors (Lipinski definition) is 2. The van der Waals surface area contributed by atoms with Crippen LogP contribution in [0, 0.1) is 6.92 Å². The number of pyridine rings is 2. The van der Waals surface area contributed by atoms with Crippen molar-refractivity contribution in [3.8, 4) is 11.4 Å². The van der Waals surface area contributed by atoms with Gasteiger partial charge in [-0.05, 0) is 48.4 Å². The number of fused-ring (bicyclic) bond motifs is 1. The van der Waals surface area contributed by atoms with Crippen LogP contribution >= 0.6 is 0 Å². The van der Waals surface area contributed by atoms with Gasteiger partial charge in [0.1, 0.15) is 19.1 Å². The van der Waals surface area contributed by atoms with E-state index in [1.54, 1.807) is 30.5 Å². The number of nitrogens with zero attached hydrogens (tertiary/aromatic N) is 4. The molecule has 0 aliphatic heterocycles. The molecule has 0 saturated heterocycles. The van der Waals surface area contributed by atoms with E-state index in [9.17, 15) is 9.50 Å². The van der Waals surface area contributed by atoms with E-state index >= 15 is 0 Å². The third kappa shape index (κ3) is 3.52. The van der Waals surface area contributed by atoms with Crippen molar-refractivity contribution in [2.75, 3.05) is 5.32 Å². The first-order valence-electron chi connectivity index (χ1n) is 8.80. The summed E-state index contributed by atoms with van der Waals surface area (Å²) in [6.45, 7) is 1.16. The van der Waals surface area contributed by atoms with Gasteiger partial charge in [-0.2, -0.15) is 0 Å². The molecule has 6 nitrogen and oxygen atoms in total. The molecule has 0 atom stereocenters. The highest BCUT2D eigenvalue weighted by molar-refractivity contribution is 5.90. The van der Waals surface area contributed by atoms with E-state index in [1.807, 2.05) is 31.2 Å². The van der Waals surface area contributed by atoms with Gasteiger partial charge in [-0.15, -0.1) is 0 Å². The van der Waals surface area contributed by atoms with Crippen LogP contribution in [0.2, 0.25) is 0 Å². The van der Waals surface area contributed by atoms with Crippen molar-refractivity contribution in [1.29, 1.82) is 0 Å². The number of aliphatic hydroxyl groups is 1. The van der Waals surface area contributed by atoms with Gasteiger partial charge in [0.25, 0.3) is 0 Å². The number of nitrogens with one attached hydrogen (secondary N) is 1. The molecule has 0 aliphatic carbocycles. The zero-order chi connectivity index (χ0) is 19.5. The van der Waals surface area contributed by atoms with Crippen molar-refractivity contribution >= 4 is 22.5 Å². The summed E-state index contributed by atoms with van der Waals surface area (Å²) in [6.07, 6.45) is 1.72. The first-order valence-corrected chi connectivity index (χ1v) is 8.80. The molecule has 0 saturated carbocycles. The third-order valence-electron chi connectivity index (χ3n) is 4.37. The van der Waals surface area contributed by atoms with Crippen LogP contribution in [0.4, 0.5) is 15.9 Å². The molecule has 0 spiro atoms. The quantitative estimate of drug-likeness (QED) is 0.546. The molecule has 3 aromatic heterocycles. The van der Waals surface area contributed by atoms with Crippen LogP contribution in [-0.4, -0.2) is 25.0 Å². The number of halogens is 1. The molecular weight excluding hydrogens is 357 g/mol. The topological polar surface area (TPSA) is 83.8 Å². The van der Waals surface area contributed by atoms with E-state index < -0.39 is 6.67 Å². The Hall–Kier alpha value is -3.45. The minimum atomic E-state index is -0.509. The maximum absolute atomic E-state index is 12.7. The Balaban J connectivity index is 1.79. The van der Waals surface area contributed by atoms with E-state index in [-0.39, 0.29) is 12.4 Å². The summed E-state index contributed by atoms with van der Waals surface area (Å²) in [5, 5.41) is 13.5. The first kappa shape index (κ1) is 17.9. The Morgan fingerprint density at radius 1 is 1.00 bits per heavy atom. The Morgan fingerprint density at radius 3 is 2.54 bits per heavy atom. The van der Waals surface area contributed by atoms with Crippen LogP contribution in [0.5, 0.6) is 0 Å². The van der Waals surface area contributed by atoms with Crippen LogP contribution in [-0.2, 0) is 13.3 Å². The van der Waals surface area contributed by atoms with Crippen molar-refractivity contribution in [3.63, 3.8) is 0 Å². The second-order valence-corrected chi connectivity index (χ2v) is 6.34. The zero-order valence-electron chi connectivity index (χ0n) is 15.2. The van der Waals surface area contributed by atoms with Crippen molar-refractivity contribution in [2.45, 2.75) is 20.2 Å². The summed E-state index contributed by atoms with van der Waals surface area (Å²) < 4.78 is 12.7. The fourth-order valence-corrected chi connectivity index (χ4v) is 2.92. The predicted octanol–water partition coefficient (Wildman–Crippen LogP) is 4.10. The number of hydrogen-bond acceptors (Lipinski definition) is 6. The summed E-state index contributed by atoms with van der Waals surface area (Å²) in [6, 6.07) is 14.6. The molecule has 28 heavy (non-hydrogen) atoms. The van der Waals surface area contributed by atoms with E-state index in [4.69, 9.17) is 0 Å². The number of rotatable bonds is 5. The lowest BCUT2D eigenvalue weighted by molar-refractivity contribution is 0.272. The lowest BCUT2D eigenvalue weighted by Crippen LogP contribution is -2.03. The summed E-state index contributed by atoms with van der Waals surface area (Å²) in [4.78, 5) is 17.8. The smallest absolute Gasteiger partial charge is 0.165 e. The van der Waals surface area contributed by atoms with Crippen molar-refractivity contribution in [1.82, 2.24) is 19.9 Å². The average molecular weight is 375 g/mol. The molecule has 0 fully saturated rings. The Labute approximate surface area is 161 Å². The summed E-state index contributed by atoms with van der Waals surface area (Å²) in [5.74, 6) is 0.789. The lowest BCUT2D eigenvalue weighted by atomic mass is 10.1. The van der Waals surface area contributed by atoms with Crippen molar-refractivity contribution < 1.29 is 9.50 Å². The van der Waals surface area contributed by atoms with Crippen LogP contribution < -0.4 is 5.32 Å². The monoisotopic (exact) mass is 375 g/mol. The summed E-state index contributed by atoms with van der Waals surface area (Å²) >= 11 is 0. The SMILES string of the molecule is Cc1cccnc1-c1ccc2c(Nc3ccc(CF)cc3)nc(CO)nc2n1. The maximum atomic E-state index is 12.7. The van der Waals surface area contributed by atoms with Gasteiger partial charge in [0.05, 0.1) is 16.8 Å². The fourth-order valence-electron chi connectivity index (χ4n) is 2.92. The van der Waals surface area contributed by atoms with Gasteiger partial charge in [0, 0.05) is 11.9 Å². The molecule has 1 aromatic carbocycles. The Kier molecular flexibility index (Phi) is 4.90. The van der Waals surface area contributed by atoms with E-state index in [0.29, 0.717) is 28.1 Å². The molecule has 0 bridgehead atoms. The van der Waals surface area contributed by atoms with Gasteiger partial charge in [0.2, 0.25) is 0 Å². The van der Waals surface area contributed by atoms with Crippen LogP contribution in [0.15, 0.2) is 54.7 Å². The van der Waals surface area contributed by atoms with E-state index in [2.05, 4.69) is 25.3 Å². The number of benzene rings is 1. The molecular formula is C21H18FN5O. The van der Waals surface area contributed by atoms with Crippen molar-refractivity contribution in [2.24, 2.45) is 0 Å². The van der Waals surface area contributed by atoms with Gasteiger partial charge in [-0.3, -0.25) is 4.98 Å². The highest BCUT2D eigenvalue weighted by Crippen LogP contribution is 2.27. The molecule has 7 heteroatoms. The minimum absolute atomic E-state index is 0.262. The number of anilines is 2. The van der Waals surface area contributed by atoms with Crippen molar-refractivity contribution in [3.05, 3.63) is 71.7 Å². The fraction of sp³-hybridized carbons (Fsp3) is 0.143. The first-order chi connectivity index (χ1) is 13.7. The molecule has 4 rings (SSSR count). The normalized spacial score (nSPS) is 11.0. The highest BCUT2D eigenvalue weighted by atomic mass is 19.1. The van der Waals surface area contributed by atoms with Gasteiger partial charge < -0.3 is 10.4 Å². The van der Waals surface area contributed by atoms with Crippen LogP contribution in [0.25, 0.3) is 22.4 Å². The van der Waals surface area contributed by atoms with Gasteiger partial charge in [-0.1, -0.05) is 18.2 Å².